The van der Waals surface area contributed by atoms with Crippen LogP contribution in [0.15, 0.2) is 12.2 Å². The summed E-state index contributed by atoms with van der Waals surface area (Å²) in [6.45, 7) is 13.9. The maximum atomic E-state index is 5.19. The first-order chi connectivity index (χ1) is 4.98. The van der Waals surface area contributed by atoms with Crippen LogP contribution in [0.5, 0.6) is 0 Å². The minimum absolute atomic E-state index is 0.0359. The fourth-order valence-electron chi connectivity index (χ4n) is 0.799. The topological polar surface area (TPSA) is 9.23 Å². The van der Waals surface area contributed by atoms with E-state index in [1.165, 1.54) is 5.57 Å². The molecule has 0 unspecified atom stereocenters. The minimum atomic E-state index is -0.0359. The molecule has 11 heavy (non-hydrogen) atoms. The Morgan fingerprint density at radius 2 is 1.73 bits per heavy atom. The van der Waals surface area contributed by atoms with Crippen LogP contribution in [0.2, 0.25) is 0 Å². The van der Waals surface area contributed by atoms with Gasteiger partial charge in [0, 0.05) is 7.11 Å². The van der Waals surface area contributed by atoms with Gasteiger partial charge < -0.3 is 4.74 Å². The largest absolute Gasteiger partial charge is 0.378 e. The van der Waals surface area contributed by atoms with Gasteiger partial charge in [-0.05, 0) is 27.2 Å². The molecule has 0 spiro atoms. The lowest BCUT2D eigenvalue weighted by Crippen LogP contribution is -2.22. The summed E-state index contributed by atoms with van der Waals surface area (Å²) in [5, 5.41) is 0. The van der Waals surface area contributed by atoms with E-state index in [0.717, 1.165) is 6.42 Å². The summed E-state index contributed by atoms with van der Waals surface area (Å²) in [5.74, 6) is 0. The van der Waals surface area contributed by atoms with E-state index in [4.69, 9.17) is 4.74 Å². The molecular weight excluding hydrogens is 136 g/mol. The highest BCUT2D eigenvalue weighted by molar-refractivity contribution is 4.94. The predicted molar refractivity (Wildman–Crippen MR) is 51.9 cm³/mol. The third kappa shape index (κ3) is 9.70. The Hall–Kier alpha value is -0.300. The van der Waals surface area contributed by atoms with Crippen LogP contribution in [0.3, 0.4) is 0 Å². The third-order valence-corrected chi connectivity index (χ3v) is 1.28. The van der Waals surface area contributed by atoms with E-state index < -0.39 is 0 Å². The zero-order valence-electron chi connectivity index (χ0n) is 8.82. The Balaban J connectivity index is 0. The average molecular weight is 158 g/mol. The van der Waals surface area contributed by atoms with E-state index in [2.05, 4.69) is 20.4 Å². The fraction of sp³-hybridized carbons (Fsp3) is 0.800. The Kier molecular flexibility index (Phi) is 7.75. The summed E-state index contributed by atoms with van der Waals surface area (Å²) >= 11 is 0. The molecule has 0 aliphatic carbocycles. The second-order valence-electron chi connectivity index (χ2n) is 3.10. The van der Waals surface area contributed by atoms with Gasteiger partial charge in [-0.3, -0.25) is 0 Å². The molecule has 0 atom stereocenters. The van der Waals surface area contributed by atoms with Gasteiger partial charge in [0.1, 0.15) is 0 Å². The number of methoxy groups -OCH3 is 1. The lowest BCUT2D eigenvalue weighted by molar-refractivity contribution is 0.0233. The van der Waals surface area contributed by atoms with E-state index in [0.29, 0.717) is 0 Å². The normalized spacial score (nSPS) is 10.0. The fourth-order valence-corrected chi connectivity index (χ4v) is 0.799. The van der Waals surface area contributed by atoms with Crippen LogP contribution in [0, 0.1) is 0 Å². The monoisotopic (exact) mass is 158 g/mol. The number of hydrogen-bond donors (Lipinski definition) is 0. The van der Waals surface area contributed by atoms with Crippen molar-refractivity contribution in [1.29, 1.82) is 0 Å². The molecule has 0 fully saturated rings. The number of hydrogen-bond acceptors (Lipinski definition) is 1. The van der Waals surface area contributed by atoms with Crippen LogP contribution in [-0.2, 0) is 4.74 Å². The third-order valence-electron chi connectivity index (χ3n) is 1.28. The van der Waals surface area contributed by atoms with Crippen LogP contribution < -0.4 is 0 Å². The maximum absolute atomic E-state index is 5.19. The quantitative estimate of drug-likeness (QED) is 0.572. The molecule has 0 aliphatic heterocycles. The smallest absolute Gasteiger partial charge is 0.0659 e. The minimum Gasteiger partial charge on any atom is -0.378 e. The van der Waals surface area contributed by atoms with Crippen molar-refractivity contribution in [3.05, 3.63) is 12.2 Å². The summed E-state index contributed by atoms with van der Waals surface area (Å²) in [7, 11) is 1.73. The molecule has 0 aromatic heterocycles. The molecule has 0 aliphatic rings. The van der Waals surface area contributed by atoms with Crippen molar-refractivity contribution in [2.45, 2.75) is 46.6 Å². The first-order valence-corrected chi connectivity index (χ1v) is 4.17. The summed E-state index contributed by atoms with van der Waals surface area (Å²) in [5.41, 5.74) is 1.13. The van der Waals surface area contributed by atoms with E-state index in [1.807, 2.05) is 20.8 Å². The highest BCUT2D eigenvalue weighted by Crippen LogP contribution is 2.16. The van der Waals surface area contributed by atoms with Crippen molar-refractivity contribution in [1.82, 2.24) is 0 Å². The van der Waals surface area contributed by atoms with Crippen LogP contribution in [-0.4, -0.2) is 12.7 Å². The molecule has 0 aromatic carbocycles. The highest BCUT2D eigenvalue weighted by atomic mass is 16.5. The second-order valence-corrected chi connectivity index (χ2v) is 3.10. The van der Waals surface area contributed by atoms with Gasteiger partial charge in [-0.2, -0.15) is 0 Å². The van der Waals surface area contributed by atoms with Crippen molar-refractivity contribution < 1.29 is 4.74 Å². The van der Waals surface area contributed by atoms with Gasteiger partial charge >= 0.3 is 0 Å². The van der Waals surface area contributed by atoms with Gasteiger partial charge in [0.05, 0.1) is 5.60 Å². The molecule has 0 heterocycles. The van der Waals surface area contributed by atoms with Crippen LogP contribution in [0.1, 0.15) is 41.0 Å². The lowest BCUT2D eigenvalue weighted by Gasteiger charge is -2.22. The van der Waals surface area contributed by atoms with Gasteiger partial charge in [0.15, 0.2) is 0 Å². The van der Waals surface area contributed by atoms with Crippen molar-refractivity contribution in [3.8, 4) is 0 Å². The number of rotatable bonds is 3. The first-order valence-electron chi connectivity index (χ1n) is 4.17. The lowest BCUT2D eigenvalue weighted by atomic mass is 10.0. The van der Waals surface area contributed by atoms with Crippen LogP contribution in [0.25, 0.3) is 0 Å². The molecule has 0 aromatic rings. The van der Waals surface area contributed by atoms with Gasteiger partial charge in [-0.25, -0.2) is 0 Å². The SMILES string of the molecule is C=C(C)CC(C)(C)OC.CC. The van der Waals surface area contributed by atoms with Gasteiger partial charge in [0.2, 0.25) is 0 Å². The van der Waals surface area contributed by atoms with Gasteiger partial charge in [-0.1, -0.05) is 19.4 Å². The van der Waals surface area contributed by atoms with E-state index in [1.54, 1.807) is 7.11 Å². The summed E-state index contributed by atoms with van der Waals surface area (Å²) in [6, 6.07) is 0. The Bertz CT molecular complexity index is 103. The second kappa shape index (κ2) is 6.41. The first kappa shape index (κ1) is 13.3. The average Bonchev–Trinajstić information content (AvgIpc) is 1.90. The zero-order chi connectivity index (χ0) is 9.49. The maximum Gasteiger partial charge on any atom is 0.0659 e. The molecule has 0 rings (SSSR count). The van der Waals surface area contributed by atoms with Gasteiger partial charge in [0.25, 0.3) is 0 Å². The van der Waals surface area contributed by atoms with Crippen LogP contribution in [0.4, 0.5) is 0 Å². The van der Waals surface area contributed by atoms with Crippen molar-refractivity contribution in [2.24, 2.45) is 0 Å². The van der Waals surface area contributed by atoms with Crippen molar-refractivity contribution in [2.75, 3.05) is 7.11 Å². The summed E-state index contributed by atoms with van der Waals surface area (Å²) in [4.78, 5) is 0. The number of ether oxygens (including phenoxy) is 1. The molecule has 0 saturated heterocycles. The molecule has 68 valence electrons. The van der Waals surface area contributed by atoms with Gasteiger partial charge in [-0.15, -0.1) is 6.58 Å². The Labute approximate surface area is 71.5 Å². The molecule has 0 amide bonds. The van der Waals surface area contributed by atoms with Crippen molar-refractivity contribution >= 4 is 0 Å². The van der Waals surface area contributed by atoms with Crippen LogP contribution >= 0.6 is 0 Å². The molecular formula is C10H22O. The summed E-state index contributed by atoms with van der Waals surface area (Å²) < 4.78 is 5.19. The molecule has 1 nitrogen and oxygen atoms in total. The van der Waals surface area contributed by atoms with E-state index >= 15 is 0 Å². The predicted octanol–water partition coefficient (Wildman–Crippen LogP) is 3.40. The molecule has 0 N–H and O–H groups in total. The molecule has 0 saturated carbocycles. The molecule has 1 heteroatoms. The van der Waals surface area contributed by atoms with E-state index in [-0.39, 0.29) is 5.60 Å². The zero-order valence-corrected chi connectivity index (χ0v) is 8.82. The Morgan fingerprint density at radius 3 is 1.82 bits per heavy atom. The summed E-state index contributed by atoms with van der Waals surface area (Å²) in [6.07, 6.45) is 0.934. The Morgan fingerprint density at radius 1 is 1.36 bits per heavy atom. The standard InChI is InChI=1S/C8H16O.C2H6/c1-7(2)6-8(3,4)9-5;1-2/h1,6H2,2-5H3;1-2H3. The molecule has 0 bridgehead atoms. The molecule has 0 radical (unpaired) electrons. The van der Waals surface area contributed by atoms with E-state index in [9.17, 15) is 0 Å². The van der Waals surface area contributed by atoms with Crippen molar-refractivity contribution in [3.63, 3.8) is 0 Å². The highest BCUT2D eigenvalue weighted by Gasteiger charge is 2.15.